The van der Waals surface area contributed by atoms with Gasteiger partial charge in [-0.25, -0.2) is 0 Å². The SMILES string of the molecule is c1ccc(-c2ccc(-c3ccc4c(c3)C(c3ccccc3)(c3ccc(N(c5ccccc5)c5ccccc5)cc3)c3cc(-c5ccc(-c6ccccc6)cc5)ccc3-4)cc2)cc1. The Morgan fingerprint density at radius 1 is 0.226 bits per heavy atom. The van der Waals surface area contributed by atoms with Gasteiger partial charge in [-0.05, 0) is 126 Å². The summed E-state index contributed by atoms with van der Waals surface area (Å²) >= 11 is 0. The third-order valence-corrected chi connectivity index (χ3v) is 12.6. The number of hydrogen-bond acceptors (Lipinski definition) is 1. The second-order valence-electron chi connectivity index (χ2n) is 16.1. The normalized spacial score (nSPS) is 12.3. The van der Waals surface area contributed by atoms with Gasteiger partial charge in [-0.15, -0.1) is 0 Å². The van der Waals surface area contributed by atoms with Crippen LogP contribution in [0.2, 0.25) is 0 Å². The summed E-state index contributed by atoms with van der Waals surface area (Å²) in [6.45, 7) is 0. The summed E-state index contributed by atoms with van der Waals surface area (Å²) in [5.74, 6) is 0. The van der Waals surface area contributed by atoms with E-state index in [4.69, 9.17) is 0 Å². The highest BCUT2D eigenvalue weighted by Crippen LogP contribution is 2.58. The Morgan fingerprint density at radius 3 is 0.919 bits per heavy atom. The van der Waals surface area contributed by atoms with E-state index in [-0.39, 0.29) is 0 Å². The number of fused-ring (bicyclic) bond motifs is 3. The van der Waals surface area contributed by atoms with Crippen LogP contribution in [0.25, 0.3) is 55.6 Å². The number of benzene rings is 10. The van der Waals surface area contributed by atoms with E-state index < -0.39 is 5.41 Å². The van der Waals surface area contributed by atoms with Gasteiger partial charge in [-0.2, -0.15) is 0 Å². The number of hydrogen-bond donors (Lipinski definition) is 0. The van der Waals surface area contributed by atoms with Gasteiger partial charge in [0.1, 0.15) is 0 Å². The van der Waals surface area contributed by atoms with Crippen molar-refractivity contribution in [1.29, 1.82) is 0 Å². The van der Waals surface area contributed by atoms with Crippen molar-refractivity contribution in [2.75, 3.05) is 4.90 Å². The predicted molar refractivity (Wildman–Crippen MR) is 260 cm³/mol. The van der Waals surface area contributed by atoms with Crippen molar-refractivity contribution >= 4 is 17.1 Å². The lowest BCUT2D eigenvalue weighted by atomic mass is 9.67. The average Bonchev–Trinajstić information content (AvgIpc) is 3.65. The van der Waals surface area contributed by atoms with Crippen LogP contribution in [0.15, 0.2) is 261 Å². The molecule has 0 atom stereocenters. The van der Waals surface area contributed by atoms with Crippen LogP contribution >= 0.6 is 0 Å². The van der Waals surface area contributed by atoms with E-state index >= 15 is 0 Å². The quantitative estimate of drug-likeness (QED) is 0.141. The highest BCUT2D eigenvalue weighted by molar-refractivity contribution is 5.91. The molecule has 0 saturated heterocycles. The Balaban J connectivity index is 1.10. The maximum Gasteiger partial charge on any atom is 0.0714 e. The van der Waals surface area contributed by atoms with Gasteiger partial charge in [0, 0.05) is 17.1 Å². The van der Waals surface area contributed by atoms with Gasteiger partial charge in [-0.3, -0.25) is 0 Å². The Hall–Kier alpha value is -8.00. The minimum atomic E-state index is -0.602. The molecule has 10 aromatic carbocycles. The molecule has 0 unspecified atom stereocenters. The van der Waals surface area contributed by atoms with Crippen LogP contribution in [0.5, 0.6) is 0 Å². The molecule has 0 fully saturated rings. The van der Waals surface area contributed by atoms with Crippen molar-refractivity contribution < 1.29 is 0 Å². The molecule has 0 heterocycles. The van der Waals surface area contributed by atoms with Crippen molar-refractivity contribution in [2.45, 2.75) is 5.41 Å². The van der Waals surface area contributed by atoms with Gasteiger partial charge in [0.05, 0.1) is 5.41 Å². The largest absolute Gasteiger partial charge is 0.311 e. The van der Waals surface area contributed by atoms with Crippen LogP contribution in [-0.4, -0.2) is 0 Å². The second kappa shape index (κ2) is 15.9. The third-order valence-electron chi connectivity index (χ3n) is 12.6. The minimum absolute atomic E-state index is 0.602. The first-order valence-electron chi connectivity index (χ1n) is 21.4. The van der Waals surface area contributed by atoms with E-state index in [1.807, 2.05) is 0 Å². The maximum absolute atomic E-state index is 2.46. The summed E-state index contributed by atoms with van der Waals surface area (Å²) < 4.78 is 0. The first kappa shape index (κ1) is 37.0. The zero-order valence-electron chi connectivity index (χ0n) is 34.3. The second-order valence-corrected chi connectivity index (χ2v) is 16.1. The Labute approximate surface area is 364 Å². The van der Waals surface area contributed by atoms with Crippen molar-refractivity contribution in [1.82, 2.24) is 0 Å². The van der Waals surface area contributed by atoms with Crippen molar-refractivity contribution in [3.05, 3.63) is 283 Å². The van der Waals surface area contributed by atoms with E-state index in [1.54, 1.807) is 0 Å². The van der Waals surface area contributed by atoms with Crippen LogP contribution in [0, 0.1) is 0 Å². The summed E-state index contributed by atoms with van der Waals surface area (Å²) in [7, 11) is 0. The van der Waals surface area contributed by atoms with Crippen molar-refractivity contribution in [2.24, 2.45) is 0 Å². The molecule has 0 N–H and O–H groups in total. The third kappa shape index (κ3) is 6.52. The van der Waals surface area contributed by atoms with E-state index in [1.165, 1.54) is 77.9 Å². The Kier molecular flexibility index (Phi) is 9.48. The fourth-order valence-corrected chi connectivity index (χ4v) is 9.59. The minimum Gasteiger partial charge on any atom is -0.311 e. The molecule has 11 rings (SSSR count). The molecule has 1 nitrogen and oxygen atoms in total. The van der Waals surface area contributed by atoms with Crippen LogP contribution < -0.4 is 4.90 Å². The molecule has 0 aromatic heterocycles. The molecule has 0 saturated carbocycles. The fourth-order valence-electron chi connectivity index (χ4n) is 9.59. The number of rotatable bonds is 9. The van der Waals surface area contributed by atoms with Crippen LogP contribution in [0.1, 0.15) is 22.3 Å². The van der Waals surface area contributed by atoms with Crippen LogP contribution in [0.3, 0.4) is 0 Å². The topological polar surface area (TPSA) is 3.24 Å². The summed E-state index contributed by atoms with van der Waals surface area (Å²) in [6.07, 6.45) is 0. The lowest BCUT2D eigenvalue weighted by molar-refractivity contribution is 0.769. The summed E-state index contributed by atoms with van der Waals surface area (Å²) in [6, 6.07) is 95.3. The summed E-state index contributed by atoms with van der Waals surface area (Å²) in [5.41, 5.74) is 20.0. The monoisotopic (exact) mass is 789 g/mol. The van der Waals surface area contributed by atoms with Gasteiger partial charge in [0.2, 0.25) is 0 Å². The molecule has 0 radical (unpaired) electrons. The first-order valence-corrected chi connectivity index (χ1v) is 21.4. The molecule has 10 aromatic rings. The van der Waals surface area contributed by atoms with E-state index in [9.17, 15) is 0 Å². The number of para-hydroxylation sites is 2. The highest BCUT2D eigenvalue weighted by atomic mass is 15.1. The highest BCUT2D eigenvalue weighted by Gasteiger charge is 2.46. The molecule has 1 aliphatic rings. The lowest BCUT2D eigenvalue weighted by Crippen LogP contribution is -2.28. The van der Waals surface area contributed by atoms with Crippen molar-refractivity contribution in [3.63, 3.8) is 0 Å². The summed E-state index contributed by atoms with van der Waals surface area (Å²) in [4.78, 5) is 2.34. The summed E-state index contributed by atoms with van der Waals surface area (Å²) in [5, 5.41) is 0. The molecule has 0 amide bonds. The molecular weight excluding hydrogens is 747 g/mol. The molecule has 1 aliphatic carbocycles. The van der Waals surface area contributed by atoms with E-state index in [0.717, 1.165) is 17.1 Å². The molecule has 0 aliphatic heterocycles. The molecule has 0 spiro atoms. The zero-order valence-corrected chi connectivity index (χ0v) is 34.3. The smallest absolute Gasteiger partial charge is 0.0714 e. The molecule has 0 bridgehead atoms. The molecule has 62 heavy (non-hydrogen) atoms. The van der Waals surface area contributed by atoms with Crippen molar-refractivity contribution in [3.8, 4) is 55.6 Å². The van der Waals surface area contributed by atoms with Gasteiger partial charge < -0.3 is 4.90 Å². The molecular formula is C61H43N. The zero-order chi connectivity index (χ0) is 41.3. The Morgan fingerprint density at radius 2 is 0.516 bits per heavy atom. The van der Waals surface area contributed by atoms with E-state index in [0.29, 0.717) is 0 Å². The fraction of sp³-hybridized carbons (Fsp3) is 0.0164. The van der Waals surface area contributed by atoms with Gasteiger partial charge in [-0.1, -0.05) is 212 Å². The van der Waals surface area contributed by atoms with E-state index in [2.05, 4.69) is 266 Å². The van der Waals surface area contributed by atoms with Gasteiger partial charge in [0.15, 0.2) is 0 Å². The van der Waals surface area contributed by atoms with Gasteiger partial charge in [0.25, 0.3) is 0 Å². The van der Waals surface area contributed by atoms with Gasteiger partial charge >= 0.3 is 0 Å². The average molecular weight is 790 g/mol. The predicted octanol–water partition coefficient (Wildman–Crippen LogP) is 16.2. The van der Waals surface area contributed by atoms with Crippen LogP contribution in [0.4, 0.5) is 17.1 Å². The Bertz CT molecular complexity index is 2930. The number of nitrogens with zero attached hydrogens (tertiary/aromatic N) is 1. The standard InChI is InChI=1S/C61H43N/c1-6-16-44(17-7-1)46-26-30-48(31-27-46)50-34-40-57-58-41-35-51(49-32-28-47(29-33-49)45-18-8-2-9-19-45)43-60(58)61(59(57)42-50,52-20-10-3-11-21-52)53-36-38-56(39-37-53)62(54-22-12-4-13-23-54)55-24-14-5-15-25-55/h1-43H. The molecule has 292 valence electrons. The first-order chi connectivity index (χ1) is 30.7. The number of anilines is 3. The maximum atomic E-state index is 2.46. The lowest BCUT2D eigenvalue weighted by Gasteiger charge is -2.35. The molecule has 1 heteroatoms. The van der Waals surface area contributed by atoms with Crippen LogP contribution in [-0.2, 0) is 5.41 Å².